The average molecular weight is 334 g/mol. The fourth-order valence-corrected chi connectivity index (χ4v) is 3.80. The molecule has 0 atom stereocenters. The topological polar surface area (TPSA) is 32.7 Å². The van der Waals surface area contributed by atoms with Gasteiger partial charge < -0.3 is 0 Å². The Labute approximate surface area is 146 Å². The van der Waals surface area contributed by atoms with Crippen molar-refractivity contribution in [1.29, 1.82) is 0 Å². The second-order valence-corrected chi connectivity index (χ2v) is 7.27. The van der Waals surface area contributed by atoms with E-state index in [-0.39, 0.29) is 11.7 Å². The van der Waals surface area contributed by atoms with E-state index in [1.54, 1.807) is 12.1 Å². The van der Waals surface area contributed by atoms with Crippen molar-refractivity contribution in [1.82, 2.24) is 0 Å². The summed E-state index contributed by atoms with van der Waals surface area (Å²) in [6.07, 6.45) is 2.12. The molecule has 2 aromatic rings. The number of carbonyl (C=O) groups is 1. The highest BCUT2D eigenvalue weighted by molar-refractivity contribution is 6.55. The maximum atomic E-state index is 13.2. The van der Waals surface area contributed by atoms with Gasteiger partial charge in [-0.15, -0.1) is 0 Å². The Hall–Kier alpha value is -2.75. The molecule has 2 aromatic carbocycles. The highest BCUT2D eigenvalue weighted by Crippen LogP contribution is 2.46. The van der Waals surface area contributed by atoms with Gasteiger partial charge in [0, 0.05) is 11.1 Å². The van der Waals surface area contributed by atoms with Crippen LogP contribution in [0.4, 0.5) is 15.8 Å². The maximum Gasteiger partial charge on any atom is 0.278 e. The first-order chi connectivity index (χ1) is 11.8. The average Bonchev–Trinajstić information content (AvgIpc) is 2.80. The number of nitrogens with zero attached hydrogens (tertiary/aromatic N) is 2. The zero-order valence-electron chi connectivity index (χ0n) is 14.7. The summed E-state index contributed by atoms with van der Waals surface area (Å²) in [6, 6.07) is 10.0. The van der Waals surface area contributed by atoms with E-state index < -0.39 is 5.54 Å². The van der Waals surface area contributed by atoms with Crippen molar-refractivity contribution in [3.63, 3.8) is 0 Å². The van der Waals surface area contributed by atoms with Crippen LogP contribution in [0.2, 0.25) is 0 Å². The molecule has 0 spiro atoms. The van der Waals surface area contributed by atoms with Crippen LogP contribution in [0, 0.1) is 12.7 Å². The van der Waals surface area contributed by atoms with Crippen molar-refractivity contribution >= 4 is 28.6 Å². The lowest BCUT2D eigenvalue weighted by Gasteiger charge is -2.38. The predicted molar refractivity (Wildman–Crippen MR) is 99.0 cm³/mol. The van der Waals surface area contributed by atoms with Crippen molar-refractivity contribution in [2.75, 3.05) is 4.90 Å². The molecule has 4 rings (SSSR count). The third-order valence-corrected chi connectivity index (χ3v) is 4.78. The molecule has 3 nitrogen and oxygen atoms in total. The van der Waals surface area contributed by atoms with Crippen molar-refractivity contribution in [2.45, 2.75) is 33.2 Å². The number of aryl methyl sites for hydroxylation is 1. The Bertz CT molecular complexity index is 968. The van der Waals surface area contributed by atoms with E-state index in [1.165, 1.54) is 12.1 Å². The molecule has 1 amide bonds. The first-order valence-electron chi connectivity index (χ1n) is 8.31. The summed E-state index contributed by atoms with van der Waals surface area (Å²) < 4.78 is 13.2. The second-order valence-electron chi connectivity index (χ2n) is 7.27. The standard InChI is InChI=1S/C21H19FN2O/c1-12-9-16-13(2)11-21(3,4)24-19(16)17(10-12)18(20(24)25)23-15-7-5-14(22)6-8-15/h5-11H,1-4H3. The fraction of sp³-hybridized carbons (Fsp3) is 0.238. The molecule has 0 aromatic heterocycles. The van der Waals surface area contributed by atoms with E-state index in [2.05, 4.69) is 24.1 Å². The second kappa shape index (κ2) is 5.12. The predicted octanol–water partition coefficient (Wildman–Crippen LogP) is 4.80. The van der Waals surface area contributed by atoms with Crippen molar-refractivity contribution in [3.05, 3.63) is 65.0 Å². The first-order valence-corrected chi connectivity index (χ1v) is 8.31. The number of hydrogen-bond donors (Lipinski definition) is 0. The number of anilines is 1. The van der Waals surface area contributed by atoms with Gasteiger partial charge in [0.2, 0.25) is 0 Å². The lowest BCUT2D eigenvalue weighted by molar-refractivity contribution is -0.112. The Morgan fingerprint density at radius 3 is 2.36 bits per heavy atom. The Morgan fingerprint density at radius 1 is 1.04 bits per heavy atom. The summed E-state index contributed by atoms with van der Waals surface area (Å²) in [5, 5.41) is 0. The zero-order chi connectivity index (χ0) is 17.9. The van der Waals surface area contributed by atoms with Gasteiger partial charge in [-0.3, -0.25) is 9.69 Å². The van der Waals surface area contributed by atoms with Crippen LogP contribution in [-0.4, -0.2) is 17.2 Å². The summed E-state index contributed by atoms with van der Waals surface area (Å²) in [5.74, 6) is -0.430. The lowest BCUT2D eigenvalue weighted by atomic mass is 9.88. The normalized spacial score (nSPS) is 19.2. The van der Waals surface area contributed by atoms with Crippen molar-refractivity contribution in [2.24, 2.45) is 4.99 Å². The number of hydrogen-bond acceptors (Lipinski definition) is 2. The van der Waals surface area contributed by atoms with Crippen LogP contribution in [0.5, 0.6) is 0 Å². The largest absolute Gasteiger partial charge is 0.297 e. The fourth-order valence-electron chi connectivity index (χ4n) is 3.80. The van der Waals surface area contributed by atoms with E-state index in [0.29, 0.717) is 11.4 Å². The third-order valence-electron chi connectivity index (χ3n) is 4.78. The van der Waals surface area contributed by atoms with Gasteiger partial charge in [-0.2, -0.15) is 0 Å². The zero-order valence-corrected chi connectivity index (χ0v) is 14.7. The molecular weight excluding hydrogens is 315 g/mol. The minimum atomic E-state index is -0.418. The number of amides is 1. The quantitative estimate of drug-likeness (QED) is 0.737. The number of benzene rings is 2. The van der Waals surface area contributed by atoms with Crippen LogP contribution in [-0.2, 0) is 4.79 Å². The van der Waals surface area contributed by atoms with Crippen LogP contribution >= 0.6 is 0 Å². The SMILES string of the molecule is CC1=CC(C)(C)N2C(=O)C(=Nc3ccc(F)cc3)c3cc(C)cc1c32. The molecule has 0 saturated carbocycles. The van der Waals surface area contributed by atoms with Gasteiger partial charge in [0.15, 0.2) is 0 Å². The van der Waals surface area contributed by atoms with Crippen LogP contribution < -0.4 is 4.90 Å². The summed E-state index contributed by atoms with van der Waals surface area (Å²) in [5.41, 5.74) is 5.68. The Kier molecular flexibility index (Phi) is 3.23. The lowest BCUT2D eigenvalue weighted by Crippen LogP contribution is -2.47. The number of halogens is 1. The molecule has 0 N–H and O–H groups in total. The maximum absolute atomic E-state index is 13.2. The number of carbonyl (C=O) groups excluding carboxylic acids is 1. The highest BCUT2D eigenvalue weighted by atomic mass is 19.1. The first kappa shape index (κ1) is 15.8. The molecule has 0 saturated heterocycles. The molecule has 25 heavy (non-hydrogen) atoms. The molecule has 0 aliphatic carbocycles. The van der Waals surface area contributed by atoms with Gasteiger partial charge in [0.05, 0.1) is 16.9 Å². The minimum absolute atomic E-state index is 0.111. The van der Waals surface area contributed by atoms with Gasteiger partial charge in [-0.25, -0.2) is 9.38 Å². The molecule has 0 unspecified atom stereocenters. The van der Waals surface area contributed by atoms with E-state index in [1.807, 2.05) is 31.7 Å². The summed E-state index contributed by atoms with van der Waals surface area (Å²) >= 11 is 0. The number of allylic oxidation sites excluding steroid dienone is 1. The van der Waals surface area contributed by atoms with E-state index in [9.17, 15) is 9.18 Å². The number of aliphatic imine (C=N–C) groups is 1. The van der Waals surface area contributed by atoms with E-state index in [4.69, 9.17) is 0 Å². The van der Waals surface area contributed by atoms with E-state index >= 15 is 0 Å². The summed E-state index contributed by atoms with van der Waals surface area (Å²) in [7, 11) is 0. The van der Waals surface area contributed by atoms with Crippen molar-refractivity contribution in [3.8, 4) is 0 Å². The number of rotatable bonds is 1. The van der Waals surface area contributed by atoms with Gasteiger partial charge >= 0.3 is 0 Å². The molecule has 0 fully saturated rings. The minimum Gasteiger partial charge on any atom is -0.297 e. The van der Waals surface area contributed by atoms with Gasteiger partial charge in [0.1, 0.15) is 11.5 Å². The monoisotopic (exact) mass is 334 g/mol. The van der Waals surface area contributed by atoms with E-state index in [0.717, 1.165) is 28.0 Å². The molecule has 2 aliphatic heterocycles. The molecule has 2 heterocycles. The van der Waals surface area contributed by atoms with Crippen LogP contribution in [0.3, 0.4) is 0 Å². The molecular formula is C21H19FN2O. The molecule has 0 radical (unpaired) electrons. The molecule has 0 bridgehead atoms. The smallest absolute Gasteiger partial charge is 0.278 e. The van der Waals surface area contributed by atoms with Gasteiger partial charge in [-0.1, -0.05) is 6.08 Å². The van der Waals surface area contributed by atoms with Gasteiger partial charge in [-0.05, 0) is 75.2 Å². The molecule has 2 aliphatic rings. The van der Waals surface area contributed by atoms with Crippen LogP contribution in [0.15, 0.2) is 47.5 Å². The van der Waals surface area contributed by atoms with Crippen molar-refractivity contribution < 1.29 is 9.18 Å². The summed E-state index contributed by atoms with van der Waals surface area (Å²) in [6.45, 7) is 8.16. The highest BCUT2D eigenvalue weighted by Gasteiger charge is 2.45. The molecule has 4 heteroatoms. The Balaban J connectivity index is 1.97. The Morgan fingerprint density at radius 2 is 1.68 bits per heavy atom. The summed E-state index contributed by atoms with van der Waals surface area (Å²) in [4.78, 5) is 19.6. The molecule has 126 valence electrons. The van der Waals surface area contributed by atoms with Crippen LogP contribution in [0.1, 0.15) is 37.5 Å². The van der Waals surface area contributed by atoms with Crippen LogP contribution in [0.25, 0.3) is 5.57 Å². The van der Waals surface area contributed by atoms with Gasteiger partial charge in [0.25, 0.3) is 5.91 Å². The third kappa shape index (κ3) is 2.32.